The molecular formula is C13H19BrClNO. The van der Waals surface area contributed by atoms with Crippen LogP contribution < -0.4 is 5.32 Å². The zero-order valence-corrected chi connectivity index (χ0v) is 12.6. The number of hydrogen-bond donors (Lipinski definition) is 1. The molecule has 0 radical (unpaired) electrons. The van der Waals surface area contributed by atoms with Gasteiger partial charge in [0.1, 0.15) is 0 Å². The lowest BCUT2D eigenvalue weighted by Crippen LogP contribution is -2.17. The molecule has 0 saturated carbocycles. The van der Waals surface area contributed by atoms with Crippen LogP contribution in [-0.4, -0.2) is 19.3 Å². The molecule has 1 aromatic carbocycles. The second kappa shape index (κ2) is 8.09. The minimum Gasteiger partial charge on any atom is -0.379 e. The zero-order valence-electron chi connectivity index (χ0n) is 10.3. The molecule has 0 atom stereocenters. The Morgan fingerprint density at radius 1 is 1.41 bits per heavy atom. The summed E-state index contributed by atoms with van der Waals surface area (Å²) < 4.78 is 6.40. The average molecular weight is 321 g/mol. The normalized spacial score (nSPS) is 11.1. The van der Waals surface area contributed by atoms with E-state index in [4.69, 9.17) is 16.3 Å². The number of halogens is 2. The highest BCUT2D eigenvalue weighted by molar-refractivity contribution is 9.10. The summed E-state index contributed by atoms with van der Waals surface area (Å²) >= 11 is 9.39. The topological polar surface area (TPSA) is 21.3 Å². The maximum atomic E-state index is 6.02. The lowest BCUT2D eigenvalue weighted by Gasteiger charge is -2.08. The van der Waals surface area contributed by atoms with Gasteiger partial charge in [0.25, 0.3) is 0 Å². The summed E-state index contributed by atoms with van der Waals surface area (Å²) in [6, 6.07) is 6.01. The molecule has 1 rings (SSSR count). The Balaban J connectivity index is 2.16. The Bertz CT molecular complexity index is 344. The highest BCUT2D eigenvalue weighted by atomic mass is 79.9. The summed E-state index contributed by atoms with van der Waals surface area (Å²) in [5, 5.41) is 4.13. The summed E-state index contributed by atoms with van der Waals surface area (Å²) in [4.78, 5) is 0. The van der Waals surface area contributed by atoms with Crippen molar-refractivity contribution in [3.8, 4) is 0 Å². The van der Waals surface area contributed by atoms with Crippen molar-refractivity contribution in [1.29, 1.82) is 0 Å². The summed E-state index contributed by atoms with van der Waals surface area (Å²) in [5.41, 5.74) is 1.20. The van der Waals surface area contributed by atoms with Crippen LogP contribution in [0.25, 0.3) is 0 Å². The summed E-state index contributed by atoms with van der Waals surface area (Å²) in [6.45, 7) is 6.72. The molecule has 0 aliphatic carbocycles. The number of benzene rings is 1. The summed E-state index contributed by atoms with van der Waals surface area (Å²) in [7, 11) is 0. The molecule has 0 aliphatic rings. The standard InChI is InChI=1S/C13H19BrClNO/c1-10(2)17-7-3-6-16-9-11-4-5-12(14)13(15)8-11/h4-5,8,10,16H,3,6-7,9H2,1-2H3. The minimum absolute atomic E-state index is 0.320. The van der Waals surface area contributed by atoms with Gasteiger partial charge in [0.2, 0.25) is 0 Å². The molecule has 0 heterocycles. The Kier molecular flexibility index (Phi) is 7.12. The lowest BCUT2D eigenvalue weighted by atomic mass is 10.2. The summed E-state index contributed by atoms with van der Waals surface area (Å²) in [6.07, 6.45) is 1.35. The molecule has 0 saturated heterocycles. The molecule has 0 unspecified atom stereocenters. The van der Waals surface area contributed by atoms with Crippen molar-refractivity contribution < 1.29 is 4.74 Å². The van der Waals surface area contributed by atoms with Crippen LogP contribution >= 0.6 is 27.5 Å². The minimum atomic E-state index is 0.320. The molecule has 4 heteroatoms. The number of hydrogen-bond acceptors (Lipinski definition) is 2. The number of ether oxygens (including phenoxy) is 1. The third-order valence-corrected chi connectivity index (χ3v) is 3.49. The highest BCUT2D eigenvalue weighted by Gasteiger charge is 1.99. The van der Waals surface area contributed by atoms with Crippen LogP contribution in [0.1, 0.15) is 25.8 Å². The molecule has 96 valence electrons. The van der Waals surface area contributed by atoms with Gasteiger partial charge in [-0.2, -0.15) is 0 Å². The van der Waals surface area contributed by atoms with Gasteiger partial charge in [0.05, 0.1) is 11.1 Å². The molecular weight excluding hydrogens is 302 g/mol. The third kappa shape index (κ3) is 6.41. The van der Waals surface area contributed by atoms with Gasteiger partial charge in [-0.15, -0.1) is 0 Å². The van der Waals surface area contributed by atoms with Gasteiger partial charge in [-0.1, -0.05) is 17.7 Å². The van der Waals surface area contributed by atoms with E-state index in [1.54, 1.807) is 0 Å². The quantitative estimate of drug-likeness (QED) is 0.767. The van der Waals surface area contributed by atoms with E-state index >= 15 is 0 Å². The first-order chi connectivity index (χ1) is 8.09. The van der Waals surface area contributed by atoms with Crippen LogP contribution in [0.4, 0.5) is 0 Å². The monoisotopic (exact) mass is 319 g/mol. The van der Waals surface area contributed by atoms with E-state index in [2.05, 4.69) is 41.2 Å². The van der Waals surface area contributed by atoms with Crippen LogP contribution in [0.15, 0.2) is 22.7 Å². The van der Waals surface area contributed by atoms with E-state index in [1.807, 2.05) is 12.1 Å². The van der Waals surface area contributed by atoms with Crippen LogP contribution in [0.3, 0.4) is 0 Å². The Labute approximate surface area is 117 Å². The zero-order chi connectivity index (χ0) is 12.7. The maximum absolute atomic E-state index is 6.02. The highest BCUT2D eigenvalue weighted by Crippen LogP contribution is 2.22. The fourth-order valence-electron chi connectivity index (χ4n) is 1.40. The fraction of sp³-hybridized carbons (Fsp3) is 0.538. The van der Waals surface area contributed by atoms with Gasteiger partial charge < -0.3 is 10.1 Å². The van der Waals surface area contributed by atoms with Gasteiger partial charge in [0.15, 0.2) is 0 Å². The second-order valence-corrected chi connectivity index (χ2v) is 5.46. The molecule has 0 amide bonds. The van der Waals surface area contributed by atoms with E-state index in [9.17, 15) is 0 Å². The fourth-order valence-corrected chi connectivity index (χ4v) is 1.85. The Morgan fingerprint density at radius 2 is 2.18 bits per heavy atom. The van der Waals surface area contributed by atoms with Gasteiger partial charge in [0, 0.05) is 17.6 Å². The first kappa shape index (κ1) is 15.0. The SMILES string of the molecule is CC(C)OCCCNCc1ccc(Br)c(Cl)c1. The first-order valence-electron chi connectivity index (χ1n) is 5.86. The maximum Gasteiger partial charge on any atom is 0.0551 e. The first-order valence-corrected chi connectivity index (χ1v) is 7.03. The molecule has 1 N–H and O–H groups in total. The van der Waals surface area contributed by atoms with Crippen molar-refractivity contribution >= 4 is 27.5 Å². The van der Waals surface area contributed by atoms with Gasteiger partial charge in [-0.25, -0.2) is 0 Å². The molecule has 0 spiro atoms. The molecule has 1 aromatic rings. The van der Waals surface area contributed by atoms with Crippen molar-refractivity contribution in [1.82, 2.24) is 5.32 Å². The summed E-state index contributed by atoms with van der Waals surface area (Å²) in [5.74, 6) is 0. The van der Waals surface area contributed by atoms with E-state index in [1.165, 1.54) is 5.56 Å². The van der Waals surface area contributed by atoms with Crippen molar-refractivity contribution in [2.75, 3.05) is 13.2 Å². The average Bonchev–Trinajstić information content (AvgIpc) is 2.27. The number of rotatable bonds is 7. The predicted molar refractivity (Wildman–Crippen MR) is 76.6 cm³/mol. The van der Waals surface area contributed by atoms with Crippen LogP contribution in [0, 0.1) is 0 Å². The van der Waals surface area contributed by atoms with Gasteiger partial charge in [-0.3, -0.25) is 0 Å². The molecule has 0 aromatic heterocycles. The van der Waals surface area contributed by atoms with Crippen molar-refractivity contribution in [3.05, 3.63) is 33.3 Å². The molecule has 0 fully saturated rings. The largest absolute Gasteiger partial charge is 0.379 e. The molecule has 2 nitrogen and oxygen atoms in total. The van der Waals surface area contributed by atoms with Crippen LogP contribution in [0.5, 0.6) is 0 Å². The van der Waals surface area contributed by atoms with Gasteiger partial charge in [-0.05, 0) is 60.4 Å². The Morgan fingerprint density at radius 3 is 2.82 bits per heavy atom. The van der Waals surface area contributed by atoms with Crippen molar-refractivity contribution in [2.24, 2.45) is 0 Å². The number of nitrogens with one attached hydrogen (secondary N) is 1. The van der Waals surface area contributed by atoms with Crippen LogP contribution in [-0.2, 0) is 11.3 Å². The predicted octanol–water partition coefficient (Wildman–Crippen LogP) is 4.01. The Hall–Kier alpha value is -0.0900. The van der Waals surface area contributed by atoms with Gasteiger partial charge >= 0.3 is 0 Å². The van der Waals surface area contributed by atoms with E-state index < -0.39 is 0 Å². The van der Waals surface area contributed by atoms with Crippen molar-refractivity contribution in [3.63, 3.8) is 0 Å². The van der Waals surface area contributed by atoms with E-state index in [0.717, 1.165) is 35.6 Å². The van der Waals surface area contributed by atoms with Crippen molar-refractivity contribution in [2.45, 2.75) is 32.9 Å². The van der Waals surface area contributed by atoms with Crippen LogP contribution in [0.2, 0.25) is 5.02 Å². The second-order valence-electron chi connectivity index (χ2n) is 4.20. The van der Waals surface area contributed by atoms with E-state index in [-0.39, 0.29) is 0 Å². The smallest absolute Gasteiger partial charge is 0.0551 e. The third-order valence-electron chi connectivity index (χ3n) is 2.26. The molecule has 0 bridgehead atoms. The van der Waals surface area contributed by atoms with E-state index in [0.29, 0.717) is 6.10 Å². The lowest BCUT2D eigenvalue weighted by molar-refractivity contribution is 0.0770. The molecule has 17 heavy (non-hydrogen) atoms. The molecule has 0 aliphatic heterocycles.